The summed E-state index contributed by atoms with van der Waals surface area (Å²) in [5.41, 5.74) is 0. The van der Waals surface area contributed by atoms with E-state index < -0.39 is 0 Å². The highest BCUT2D eigenvalue weighted by Crippen LogP contribution is 2.18. The molecule has 25 heavy (non-hydrogen) atoms. The van der Waals surface area contributed by atoms with Gasteiger partial charge in [-0.3, -0.25) is 9.79 Å². The lowest BCUT2D eigenvalue weighted by molar-refractivity contribution is -0.149. The summed E-state index contributed by atoms with van der Waals surface area (Å²) in [5, 5.41) is 3.36. The second-order valence-electron chi connectivity index (χ2n) is 6.42. The van der Waals surface area contributed by atoms with Crippen LogP contribution in [0.4, 0.5) is 0 Å². The Labute approximate surface area is 152 Å². The Morgan fingerprint density at radius 2 is 2.16 bits per heavy atom. The molecule has 0 amide bonds. The average molecular weight is 357 g/mol. The maximum absolute atomic E-state index is 12.0. The molecule has 1 atom stereocenters. The summed E-state index contributed by atoms with van der Waals surface area (Å²) in [6.07, 6.45) is 2.90. The maximum atomic E-state index is 12.0. The van der Waals surface area contributed by atoms with Crippen LogP contribution in [0.2, 0.25) is 0 Å². The highest BCUT2D eigenvalue weighted by Gasteiger charge is 2.28. The Morgan fingerprint density at radius 1 is 1.36 bits per heavy atom. The van der Waals surface area contributed by atoms with Crippen molar-refractivity contribution in [2.24, 2.45) is 10.9 Å². The second kappa shape index (κ2) is 12.9. The molecule has 1 saturated heterocycles. The van der Waals surface area contributed by atoms with Gasteiger partial charge in [0.15, 0.2) is 5.96 Å². The number of rotatable bonds is 10. The number of likely N-dealkylation sites (N-methyl/N-ethyl adjacent to an activating group) is 1. The van der Waals surface area contributed by atoms with Crippen LogP contribution >= 0.6 is 0 Å². The van der Waals surface area contributed by atoms with Crippen LogP contribution in [-0.2, 0) is 14.3 Å². The Balaban J connectivity index is 2.49. The first-order valence-corrected chi connectivity index (χ1v) is 9.49. The smallest absolute Gasteiger partial charge is 0.310 e. The fourth-order valence-corrected chi connectivity index (χ4v) is 2.93. The molecule has 0 saturated carbocycles. The predicted octanol–water partition coefficient (Wildman–Crippen LogP) is 1.20. The van der Waals surface area contributed by atoms with Gasteiger partial charge in [0.1, 0.15) is 0 Å². The number of ether oxygens (including phenoxy) is 2. The van der Waals surface area contributed by atoms with Crippen molar-refractivity contribution in [1.82, 2.24) is 15.1 Å². The lowest BCUT2D eigenvalue weighted by Crippen LogP contribution is -2.48. The molecule has 7 nitrogen and oxygen atoms in total. The molecule has 1 fully saturated rings. The molecule has 0 bridgehead atoms. The minimum atomic E-state index is -0.0807. The first-order chi connectivity index (χ1) is 12.1. The van der Waals surface area contributed by atoms with E-state index in [-0.39, 0.29) is 11.9 Å². The molecule has 1 rings (SSSR count). The van der Waals surface area contributed by atoms with Crippen LogP contribution in [0.15, 0.2) is 4.99 Å². The molecule has 1 aliphatic rings. The fourth-order valence-electron chi connectivity index (χ4n) is 2.93. The van der Waals surface area contributed by atoms with Crippen molar-refractivity contribution in [2.45, 2.75) is 33.1 Å². The molecule has 0 spiro atoms. The summed E-state index contributed by atoms with van der Waals surface area (Å²) >= 11 is 0. The van der Waals surface area contributed by atoms with E-state index in [2.05, 4.69) is 29.1 Å². The lowest BCUT2D eigenvalue weighted by Gasteiger charge is -2.34. The number of esters is 1. The van der Waals surface area contributed by atoms with Gasteiger partial charge in [-0.15, -0.1) is 0 Å². The van der Waals surface area contributed by atoms with E-state index in [1.807, 2.05) is 6.92 Å². The predicted molar refractivity (Wildman–Crippen MR) is 101 cm³/mol. The quantitative estimate of drug-likeness (QED) is 0.275. The molecule has 1 aliphatic heterocycles. The second-order valence-corrected chi connectivity index (χ2v) is 6.42. The number of methoxy groups -OCH3 is 1. The summed E-state index contributed by atoms with van der Waals surface area (Å²) in [6, 6.07) is 0. The first kappa shape index (κ1) is 21.7. The number of carbonyl (C=O) groups excluding carboxylic acids is 1. The van der Waals surface area contributed by atoms with Gasteiger partial charge < -0.3 is 24.6 Å². The van der Waals surface area contributed by atoms with E-state index in [0.29, 0.717) is 13.2 Å². The summed E-state index contributed by atoms with van der Waals surface area (Å²) in [5.74, 6) is 0.789. The van der Waals surface area contributed by atoms with E-state index in [0.717, 1.165) is 64.6 Å². The standard InChI is InChI=1S/C18H36N4O3/c1-5-19-18(20-10-8-11-21(3)13-14-24-4)22-12-7-9-16(15-22)17(23)25-6-2/h16H,5-15H2,1-4H3,(H,19,20)/t16-/m0/s1. The van der Waals surface area contributed by atoms with Crippen LogP contribution in [0.1, 0.15) is 33.1 Å². The third-order valence-corrected chi connectivity index (χ3v) is 4.31. The monoisotopic (exact) mass is 356 g/mol. The molecule has 0 unspecified atom stereocenters. The van der Waals surface area contributed by atoms with Crippen LogP contribution in [0.25, 0.3) is 0 Å². The van der Waals surface area contributed by atoms with Crippen molar-refractivity contribution >= 4 is 11.9 Å². The molecule has 1 N–H and O–H groups in total. The highest BCUT2D eigenvalue weighted by molar-refractivity contribution is 5.81. The van der Waals surface area contributed by atoms with Gasteiger partial charge in [0.2, 0.25) is 0 Å². The van der Waals surface area contributed by atoms with Gasteiger partial charge in [0.05, 0.1) is 19.1 Å². The lowest BCUT2D eigenvalue weighted by atomic mass is 9.98. The van der Waals surface area contributed by atoms with Crippen molar-refractivity contribution in [2.75, 3.05) is 66.6 Å². The maximum Gasteiger partial charge on any atom is 0.310 e. The molecule has 0 aliphatic carbocycles. The van der Waals surface area contributed by atoms with Crippen molar-refractivity contribution in [1.29, 1.82) is 0 Å². The van der Waals surface area contributed by atoms with Gasteiger partial charge >= 0.3 is 5.97 Å². The van der Waals surface area contributed by atoms with Crippen molar-refractivity contribution in [3.05, 3.63) is 0 Å². The molecular weight excluding hydrogens is 320 g/mol. The number of aliphatic imine (C=N–C) groups is 1. The number of hydrogen-bond acceptors (Lipinski definition) is 5. The first-order valence-electron chi connectivity index (χ1n) is 9.49. The Kier molecular flexibility index (Phi) is 11.2. The van der Waals surface area contributed by atoms with Crippen molar-refractivity contribution in [3.63, 3.8) is 0 Å². The van der Waals surface area contributed by atoms with E-state index in [4.69, 9.17) is 14.5 Å². The topological polar surface area (TPSA) is 66.4 Å². The van der Waals surface area contributed by atoms with E-state index >= 15 is 0 Å². The third kappa shape index (κ3) is 8.54. The van der Waals surface area contributed by atoms with E-state index in [1.165, 1.54) is 0 Å². The van der Waals surface area contributed by atoms with Crippen LogP contribution in [-0.4, -0.2) is 88.4 Å². The van der Waals surface area contributed by atoms with Crippen LogP contribution in [0, 0.1) is 5.92 Å². The Hall–Kier alpha value is -1.34. The number of nitrogens with one attached hydrogen (secondary N) is 1. The molecule has 0 aromatic rings. The number of carbonyl (C=O) groups is 1. The average Bonchev–Trinajstić information content (AvgIpc) is 2.62. The van der Waals surface area contributed by atoms with Gasteiger partial charge in [-0.2, -0.15) is 0 Å². The van der Waals surface area contributed by atoms with E-state index in [1.54, 1.807) is 7.11 Å². The normalized spacial score (nSPS) is 18.5. The summed E-state index contributed by atoms with van der Waals surface area (Å²) in [6.45, 7) is 10.3. The SMILES string of the molecule is CCNC(=NCCCN(C)CCOC)N1CCC[C@H](C(=O)OCC)C1. The highest BCUT2D eigenvalue weighted by atomic mass is 16.5. The van der Waals surface area contributed by atoms with Gasteiger partial charge in [0, 0.05) is 39.8 Å². The number of hydrogen-bond donors (Lipinski definition) is 1. The molecular formula is C18H36N4O3. The zero-order valence-corrected chi connectivity index (χ0v) is 16.4. The minimum absolute atomic E-state index is 0.0438. The Bertz CT molecular complexity index is 404. The molecule has 0 aromatic carbocycles. The number of piperidine rings is 1. The largest absolute Gasteiger partial charge is 0.466 e. The number of nitrogens with zero attached hydrogens (tertiary/aromatic N) is 3. The molecule has 1 heterocycles. The van der Waals surface area contributed by atoms with Gasteiger partial charge in [-0.05, 0) is 46.7 Å². The van der Waals surface area contributed by atoms with Crippen molar-refractivity contribution < 1.29 is 14.3 Å². The number of likely N-dealkylation sites (tertiary alicyclic amines) is 1. The van der Waals surface area contributed by atoms with Gasteiger partial charge in [-0.1, -0.05) is 0 Å². The van der Waals surface area contributed by atoms with E-state index in [9.17, 15) is 4.79 Å². The zero-order valence-electron chi connectivity index (χ0n) is 16.4. The molecule has 7 heteroatoms. The summed E-state index contributed by atoms with van der Waals surface area (Å²) in [4.78, 5) is 21.2. The molecule has 0 aromatic heterocycles. The van der Waals surface area contributed by atoms with Gasteiger partial charge in [-0.25, -0.2) is 0 Å². The van der Waals surface area contributed by atoms with Gasteiger partial charge in [0.25, 0.3) is 0 Å². The van der Waals surface area contributed by atoms with Crippen LogP contribution < -0.4 is 5.32 Å². The minimum Gasteiger partial charge on any atom is -0.466 e. The molecule has 0 radical (unpaired) electrons. The van der Waals surface area contributed by atoms with Crippen LogP contribution in [0.5, 0.6) is 0 Å². The van der Waals surface area contributed by atoms with Crippen molar-refractivity contribution in [3.8, 4) is 0 Å². The third-order valence-electron chi connectivity index (χ3n) is 4.31. The summed E-state index contributed by atoms with van der Waals surface area (Å²) in [7, 11) is 3.82. The van der Waals surface area contributed by atoms with Crippen LogP contribution in [0.3, 0.4) is 0 Å². The zero-order chi connectivity index (χ0) is 18.5. The Morgan fingerprint density at radius 3 is 2.84 bits per heavy atom. The summed E-state index contributed by atoms with van der Waals surface area (Å²) < 4.78 is 10.3. The molecule has 146 valence electrons. The number of guanidine groups is 1. The fraction of sp³-hybridized carbons (Fsp3) is 0.889.